The van der Waals surface area contributed by atoms with E-state index in [0.29, 0.717) is 34.2 Å². The first kappa shape index (κ1) is 19.8. The predicted molar refractivity (Wildman–Crippen MR) is 117 cm³/mol. The number of hydrogen-bond donors (Lipinski definition) is 1. The molecule has 2 aromatic heterocycles. The minimum absolute atomic E-state index is 0.174. The lowest BCUT2D eigenvalue weighted by atomic mass is 10.2. The van der Waals surface area contributed by atoms with Gasteiger partial charge in [-0.2, -0.15) is 0 Å². The summed E-state index contributed by atoms with van der Waals surface area (Å²) in [6.07, 6.45) is 0. The second kappa shape index (κ2) is 9.34. The van der Waals surface area contributed by atoms with Crippen LogP contribution in [0.25, 0.3) is 0 Å². The van der Waals surface area contributed by atoms with Crippen molar-refractivity contribution in [2.75, 3.05) is 5.32 Å². The first-order valence-electron chi connectivity index (χ1n) is 8.94. The van der Waals surface area contributed by atoms with E-state index in [1.807, 2.05) is 16.8 Å². The van der Waals surface area contributed by atoms with Crippen LogP contribution in [0.4, 0.5) is 5.69 Å². The molecule has 0 bridgehead atoms. The Balaban J connectivity index is 1.31. The van der Waals surface area contributed by atoms with Crippen molar-refractivity contribution in [3.63, 3.8) is 0 Å². The third-order valence-corrected chi connectivity index (χ3v) is 5.53. The Morgan fingerprint density at radius 1 is 0.967 bits per heavy atom. The number of thiophene rings is 1. The summed E-state index contributed by atoms with van der Waals surface area (Å²) in [7, 11) is 0. The lowest BCUT2D eigenvalue weighted by molar-refractivity contribution is 0.0734. The molecule has 8 heteroatoms. The first-order chi connectivity index (χ1) is 14.7. The molecule has 2 aromatic carbocycles. The topological polar surface area (TPSA) is 77.5 Å². The molecule has 0 saturated carbocycles. The van der Waals surface area contributed by atoms with E-state index < -0.39 is 5.97 Å². The molecule has 1 N–H and O–H groups in total. The summed E-state index contributed by atoms with van der Waals surface area (Å²) in [5, 5.41) is 6.56. The Hall–Kier alpha value is -3.49. The van der Waals surface area contributed by atoms with Crippen LogP contribution in [0.15, 0.2) is 76.9 Å². The zero-order chi connectivity index (χ0) is 20.8. The second-order valence-corrected chi connectivity index (χ2v) is 7.80. The molecule has 0 aliphatic rings. The highest BCUT2D eigenvalue weighted by molar-refractivity contribution is 7.12. The van der Waals surface area contributed by atoms with Gasteiger partial charge in [0.25, 0.3) is 5.91 Å². The predicted octanol–water partition coefficient (Wildman–Crippen LogP) is 5.26. The standard InChI is InChI=1S/C22H16N2O4S2/c25-21(20-2-1-11-30-20)24-16-5-9-19(10-6-16)28-22(26)15-3-7-18(8-4-15)27-12-17-13-29-14-23-17/h1-11,13-14H,12H2,(H,24,25). The SMILES string of the molecule is O=C(Oc1ccc(NC(=O)c2cccs2)cc1)c1ccc(OCc2cscn2)cc1. The van der Waals surface area contributed by atoms with Crippen LogP contribution >= 0.6 is 22.7 Å². The number of nitrogens with zero attached hydrogens (tertiary/aromatic N) is 1. The fourth-order valence-corrected chi connectivity index (χ4v) is 3.69. The van der Waals surface area contributed by atoms with Crippen molar-refractivity contribution < 1.29 is 19.1 Å². The Morgan fingerprint density at radius 2 is 1.73 bits per heavy atom. The van der Waals surface area contributed by atoms with Crippen molar-refractivity contribution in [2.24, 2.45) is 0 Å². The summed E-state index contributed by atoms with van der Waals surface area (Å²) in [6, 6.07) is 16.9. The molecule has 150 valence electrons. The van der Waals surface area contributed by atoms with Crippen molar-refractivity contribution in [1.82, 2.24) is 4.98 Å². The number of ether oxygens (including phenoxy) is 2. The second-order valence-electron chi connectivity index (χ2n) is 6.14. The van der Waals surface area contributed by atoms with E-state index in [-0.39, 0.29) is 5.91 Å². The van der Waals surface area contributed by atoms with Crippen molar-refractivity contribution >= 4 is 40.2 Å². The number of nitrogens with one attached hydrogen (secondary N) is 1. The van der Waals surface area contributed by atoms with Gasteiger partial charge in [-0.1, -0.05) is 6.07 Å². The molecule has 1 amide bonds. The highest BCUT2D eigenvalue weighted by Gasteiger charge is 2.10. The summed E-state index contributed by atoms with van der Waals surface area (Å²) in [6.45, 7) is 0.378. The maximum atomic E-state index is 12.3. The van der Waals surface area contributed by atoms with Gasteiger partial charge in [0.1, 0.15) is 18.1 Å². The molecule has 0 spiro atoms. The summed E-state index contributed by atoms with van der Waals surface area (Å²) >= 11 is 2.88. The molecule has 0 unspecified atom stereocenters. The summed E-state index contributed by atoms with van der Waals surface area (Å²) < 4.78 is 11.0. The highest BCUT2D eigenvalue weighted by Crippen LogP contribution is 2.20. The van der Waals surface area contributed by atoms with Crippen LogP contribution in [0, 0.1) is 0 Å². The van der Waals surface area contributed by atoms with Crippen molar-refractivity contribution in [3.05, 3.63) is 93.1 Å². The average molecular weight is 437 g/mol. The molecule has 4 rings (SSSR count). The Labute approximate surface area is 180 Å². The Bertz CT molecular complexity index is 1110. The number of hydrogen-bond acceptors (Lipinski definition) is 7. The third-order valence-electron chi connectivity index (χ3n) is 4.03. The quantitative estimate of drug-likeness (QED) is 0.316. The van der Waals surface area contributed by atoms with Gasteiger partial charge in [-0.05, 0) is 60.0 Å². The highest BCUT2D eigenvalue weighted by atomic mass is 32.1. The number of thiazole rings is 1. The zero-order valence-corrected chi connectivity index (χ0v) is 17.2. The molecule has 0 fully saturated rings. The van der Waals surface area contributed by atoms with Gasteiger partial charge in [-0.3, -0.25) is 4.79 Å². The maximum absolute atomic E-state index is 12.3. The number of aromatic nitrogens is 1. The number of rotatable bonds is 7. The number of benzene rings is 2. The van der Waals surface area contributed by atoms with E-state index >= 15 is 0 Å². The Kier molecular flexibility index (Phi) is 6.17. The van der Waals surface area contributed by atoms with Gasteiger partial charge >= 0.3 is 5.97 Å². The molecule has 0 saturated heterocycles. The molecule has 0 atom stereocenters. The van der Waals surface area contributed by atoms with Crippen LogP contribution in [0.2, 0.25) is 0 Å². The van der Waals surface area contributed by atoms with Crippen molar-refractivity contribution in [2.45, 2.75) is 6.61 Å². The first-order valence-corrected chi connectivity index (χ1v) is 10.8. The van der Waals surface area contributed by atoms with Crippen LogP contribution in [0.3, 0.4) is 0 Å². The van der Waals surface area contributed by atoms with Gasteiger partial charge in [0.15, 0.2) is 0 Å². The van der Waals surface area contributed by atoms with E-state index in [9.17, 15) is 9.59 Å². The maximum Gasteiger partial charge on any atom is 0.343 e. The largest absolute Gasteiger partial charge is 0.487 e. The smallest absolute Gasteiger partial charge is 0.343 e. The number of carbonyl (C=O) groups excluding carboxylic acids is 2. The molecule has 2 heterocycles. The monoisotopic (exact) mass is 436 g/mol. The normalized spacial score (nSPS) is 10.4. The van der Waals surface area contributed by atoms with Crippen LogP contribution in [-0.2, 0) is 6.61 Å². The van der Waals surface area contributed by atoms with E-state index in [1.54, 1.807) is 60.1 Å². The van der Waals surface area contributed by atoms with Crippen molar-refractivity contribution in [1.29, 1.82) is 0 Å². The summed E-state index contributed by atoms with van der Waals surface area (Å²) in [5.74, 6) is 0.381. The molecule has 0 aliphatic heterocycles. The fourth-order valence-electron chi connectivity index (χ4n) is 2.53. The summed E-state index contributed by atoms with van der Waals surface area (Å²) in [5.41, 5.74) is 3.64. The Morgan fingerprint density at radius 3 is 2.40 bits per heavy atom. The van der Waals surface area contributed by atoms with Gasteiger partial charge in [0, 0.05) is 11.1 Å². The van der Waals surface area contributed by atoms with Crippen LogP contribution in [0.1, 0.15) is 25.7 Å². The fraction of sp³-hybridized carbons (Fsp3) is 0.0455. The summed E-state index contributed by atoms with van der Waals surface area (Å²) in [4.78, 5) is 29.2. The average Bonchev–Trinajstić information content (AvgIpc) is 3.48. The van der Waals surface area contributed by atoms with Gasteiger partial charge in [-0.25, -0.2) is 9.78 Å². The van der Waals surface area contributed by atoms with Gasteiger partial charge < -0.3 is 14.8 Å². The van der Waals surface area contributed by atoms with E-state index in [0.717, 1.165) is 5.69 Å². The lowest BCUT2D eigenvalue weighted by Crippen LogP contribution is -2.10. The van der Waals surface area contributed by atoms with Crippen LogP contribution in [-0.4, -0.2) is 16.9 Å². The number of anilines is 1. The van der Waals surface area contributed by atoms with Gasteiger partial charge in [0.05, 0.1) is 21.6 Å². The third kappa shape index (κ3) is 5.11. The van der Waals surface area contributed by atoms with E-state index in [4.69, 9.17) is 9.47 Å². The van der Waals surface area contributed by atoms with E-state index in [2.05, 4.69) is 10.3 Å². The number of esters is 1. The molecule has 0 aliphatic carbocycles. The lowest BCUT2D eigenvalue weighted by Gasteiger charge is -2.08. The van der Waals surface area contributed by atoms with Gasteiger partial charge in [-0.15, -0.1) is 22.7 Å². The molecular weight excluding hydrogens is 420 g/mol. The van der Waals surface area contributed by atoms with Crippen molar-refractivity contribution in [3.8, 4) is 11.5 Å². The number of amides is 1. The minimum atomic E-state index is -0.476. The molecule has 30 heavy (non-hydrogen) atoms. The van der Waals surface area contributed by atoms with Gasteiger partial charge in [0.2, 0.25) is 0 Å². The zero-order valence-electron chi connectivity index (χ0n) is 15.6. The molecule has 4 aromatic rings. The molecule has 6 nitrogen and oxygen atoms in total. The minimum Gasteiger partial charge on any atom is -0.487 e. The molecule has 0 radical (unpaired) electrons. The van der Waals surface area contributed by atoms with Crippen LogP contribution in [0.5, 0.6) is 11.5 Å². The molecular formula is C22H16N2O4S2. The number of carbonyl (C=O) groups is 2. The van der Waals surface area contributed by atoms with E-state index in [1.165, 1.54) is 22.7 Å². The van der Waals surface area contributed by atoms with Crippen LogP contribution < -0.4 is 14.8 Å².